The van der Waals surface area contributed by atoms with Gasteiger partial charge in [-0.3, -0.25) is 9.59 Å². The summed E-state index contributed by atoms with van der Waals surface area (Å²) in [5, 5.41) is 15.9. The summed E-state index contributed by atoms with van der Waals surface area (Å²) < 4.78 is 2.87. The molecule has 0 aliphatic carbocycles. The Labute approximate surface area is 227 Å². The summed E-state index contributed by atoms with van der Waals surface area (Å²) >= 11 is 16.8. The van der Waals surface area contributed by atoms with Crippen LogP contribution in [-0.2, 0) is 11.3 Å². The maximum Gasteiger partial charge on any atom is 0.251 e. The van der Waals surface area contributed by atoms with Crippen LogP contribution in [0.1, 0.15) is 48.6 Å². The number of carbonyl (C=O) groups is 2. The second kappa shape index (κ2) is 12.3. The third kappa shape index (κ3) is 7.00. The zero-order chi connectivity index (χ0) is 25.7. The van der Waals surface area contributed by atoms with Crippen LogP contribution in [-0.4, -0.2) is 32.3 Å². The Morgan fingerprint density at radius 2 is 1.86 bits per heavy atom. The van der Waals surface area contributed by atoms with Crippen molar-refractivity contribution in [3.8, 4) is 0 Å². The third-order valence-corrected chi connectivity index (χ3v) is 7.47. The number of benzene rings is 2. The van der Waals surface area contributed by atoms with Crippen molar-refractivity contribution in [3.05, 3.63) is 67.9 Å². The smallest absolute Gasteiger partial charge is 0.251 e. The molecule has 3 rings (SSSR count). The molecule has 0 aliphatic heterocycles. The lowest BCUT2D eigenvalue weighted by molar-refractivity contribution is -0.113. The average molecular weight is 599 g/mol. The minimum atomic E-state index is -0.391. The Bertz CT molecular complexity index is 1230. The number of halogens is 3. The third-order valence-electron chi connectivity index (χ3n) is 5.27. The normalized spacial score (nSPS) is 12.0. The second-order valence-electron chi connectivity index (χ2n) is 8.21. The number of hydrogen-bond donors (Lipinski definition) is 2. The number of nitrogens with one attached hydrogen (secondary N) is 2. The molecule has 0 spiro atoms. The first-order chi connectivity index (χ1) is 16.6. The van der Waals surface area contributed by atoms with Crippen molar-refractivity contribution in [1.29, 1.82) is 0 Å². The molecular formula is C24H26BrCl2N5O2S. The number of aromatic nitrogens is 3. The van der Waals surface area contributed by atoms with E-state index >= 15 is 0 Å². The van der Waals surface area contributed by atoms with Crippen molar-refractivity contribution in [2.75, 3.05) is 11.1 Å². The van der Waals surface area contributed by atoms with Gasteiger partial charge in [0, 0.05) is 22.3 Å². The molecule has 0 bridgehead atoms. The van der Waals surface area contributed by atoms with Gasteiger partial charge in [0.2, 0.25) is 5.91 Å². The molecule has 0 saturated heterocycles. The summed E-state index contributed by atoms with van der Waals surface area (Å²) in [6, 6.07) is 10.0. The Morgan fingerprint density at radius 1 is 1.11 bits per heavy atom. The lowest BCUT2D eigenvalue weighted by atomic mass is 10.0. The van der Waals surface area contributed by atoms with E-state index in [-0.39, 0.29) is 23.5 Å². The molecule has 0 fully saturated rings. The number of thioether (sulfide) groups is 1. The summed E-state index contributed by atoms with van der Waals surface area (Å²) in [5.41, 5.74) is 2.14. The zero-order valence-electron chi connectivity index (χ0n) is 19.7. The summed E-state index contributed by atoms with van der Waals surface area (Å²) in [4.78, 5) is 25.5. The molecular weight excluding hydrogens is 573 g/mol. The van der Waals surface area contributed by atoms with Gasteiger partial charge in [0.15, 0.2) is 11.0 Å². The zero-order valence-corrected chi connectivity index (χ0v) is 23.6. The summed E-state index contributed by atoms with van der Waals surface area (Å²) in [6.45, 7) is 8.49. The van der Waals surface area contributed by atoms with Gasteiger partial charge in [-0.15, -0.1) is 10.2 Å². The van der Waals surface area contributed by atoms with Gasteiger partial charge in [0.05, 0.1) is 21.8 Å². The molecule has 1 atom stereocenters. The number of carbonyl (C=O) groups excluding carboxylic acids is 2. The molecule has 2 N–H and O–H groups in total. The highest BCUT2D eigenvalue weighted by atomic mass is 79.9. The Morgan fingerprint density at radius 3 is 2.49 bits per heavy atom. The lowest BCUT2D eigenvalue weighted by Crippen LogP contribution is -2.33. The fourth-order valence-corrected chi connectivity index (χ4v) is 4.99. The van der Waals surface area contributed by atoms with Crippen LogP contribution in [0.3, 0.4) is 0 Å². The highest BCUT2D eigenvalue weighted by Crippen LogP contribution is 2.27. The van der Waals surface area contributed by atoms with Gasteiger partial charge in [0.25, 0.3) is 5.91 Å². The van der Waals surface area contributed by atoms with Crippen LogP contribution in [0.15, 0.2) is 46.0 Å². The van der Waals surface area contributed by atoms with Gasteiger partial charge in [-0.1, -0.05) is 64.7 Å². The van der Waals surface area contributed by atoms with Crippen LogP contribution in [0.4, 0.5) is 5.69 Å². The molecule has 0 unspecified atom stereocenters. The van der Waals surface area contributed by atoms with E-state index in [1.54, 1.807) is 12.1 Å². The van der Waals surface area contributed by atoms with Crippen molar-refractivity contribution in [2.45, 2.75) is 45.4 Å². The van der Waals surface area contributed by atoms with Crippen molar-refractivity contribution < 1.29 is 9.59 Å². The molecule has 0 aliphatic rings. The molecule has 7 nitrogen and oxygen atoms in total. The highest BCUT2D eigenvalue weighted by molar-refractivity contribution is 9.10. The summed E-state index contributed by atoms with van der Waals surface area (Å²) in [7, 11) is 0. The quantitative estimate of drug-likeness (QED) is 0.273. The standard InChI is InChI=1S/C24H26BrCl2N5O2S/c1-5-32-22(21(13(2)3)29-23(34)15-6-8-17(26)18(27)11-15)30-31-24(32)35-12-20(33)28-19-9-7-16(25)10-14(19)4/h6-11,13,21H,5,12H2,1-4H3,(H,28,33)(H,29,34)/t21-/m1/s1. The van der Waals surface area contributed by atoms with Gasteiger partial charge in [0.1, 0.15) is 0 Å². The van der Waals surface area contributed by atoms with Gasteiger partial charge in [-0.25, -0.2) is 0 Å². The van der Waals surface area contributed by atoms with Gasteiger partial charge < -0.3 is 15.2 Å². The molecule has 11 heteroatoms. The van der Waals surface area contributed by atoms with E-state index in [1.165, 1.54) is 17.8 Å². The van der Waals surface area contributed by atoms with Crippen molar-refractivity contribution in [3.63, 3.8) is 0 Å². The minimum Gasteiger partial charge on any atom is -0.342 e. The van der Waals surface area contributed by atoms with E-state index in [1.807, 2.05) is 50.5 Å². The lowest BCUT2D eigenvalue weighted by Gasteiger charge is -2.22. The number of nitrogens with zero attached hydrogens (tertiary/aromatic N) is 3. The molecule has 1 aromatic heterocycles. The minimum absolute atomic E-state index is 0.0396. The predicted octanol–water partition coefficient (Wildman–Crippen LogP) is 6.53. The first kappa shape index (κ1) is 27.5. The Kier molecular flexibility index (Phi) is 9.63. The molecule has 1 heterocycles. The Hall–Kier alpha value is -2.07. The second-order valence-corrected chi connectivity index (χ2v) is 10.9. The molecule has 35 heavy (non-hydrogen) atoms. The van der Waals surface area contributed by atoms with E-state index < -0.39 is 6.04 Å². The molecule has 0 radical (unpaired) electrons. The van der Waals surface area contributed by atoms with Crippen molar-refractivity contribution in [2.24, 2.45) is 5.92 Å². The van der Waals surface area contributed by atoms with Gasteiger partial charge in [-0.2, -0.15) is 0 Å². The number of rotatable bonds is 9. The van der Waals surface area contributed by atoms with E-state index in [4.69, 9.17) is 23.2 Å². The van der Waals surface area contributed by atoms with Gasteiger partial charge >= 0.3 is 0 Å². The van der Waals surface area contributed by atoms with Crippen LogP contribution in [0.5, 0.6) is 0 Å². The predicted molar refractivity (Wildman–Crippen MR) is 145 cm³/mol. The number of amides is 2. The topological polar surface area (TPSA) is 88.9 Å². The van der Waals surface area contributed by atoms with E-state index in [9.17, 15) is 9.59 Å². The van der Waals surface area contributed by atoms with Crippen LogP contribution in [0.25, 0.3) is 0 Å². The number of hydrogen-bond acceptors (Lipinski definition) is 5. The van der Waals surface area contributed by atoms with E-state index in [2.05, 4.69) is 36.8 Å². The molecule has 2 aromatic carbocycles. The number of aryl methyl sites for hydroxylation is 1. The molecule has 0 saturated carbocycles. The fraction of sp³-hybridized carbons (Fsp3) is 0.333. The highest BCUT2D eigenvalue weighted by Gasteiger charge is 2.26. The van der Waals surface area contributed by atoms with Crippen LogP contribution in [0, 0.1) is 12.8 Å². The van der Waals surface area contributed by atoms with Crippen molar-refractivity contribution in [1.82, 2.24) is 20.1 Å². The maximum atomic E-state index is 12.9. The monoisotopic (exact) mass is 597 g/mol. The summed E-state index contributed by atoms with van der Waals surface area (Å²) in [5.74, 6) is 0.419. The average Bonchev–Trinajstić information content (AvgIpc) is 3.21. The van der Waals surface area contributed by atoms with Crippen LogP contribution in [0.2, 0.25) is 10.0 Å². The largest absolute Gasteiger partial charge is 0.342 e. The Balaban J connectivity index is 1.72. The molecule has 2 amide bonds. The fourth-order valence-electron chi connectivity index (χ4n) is 3.41. The van der Waals surface area contributed by atoms with Crippen LogP contribution >= 0.6 is 50.9 Å². The van der Waals surface area contributed by atoms with E-state index in [0.29, 0.717) is 33.1 Å². The SMILES string of the molecule is CCn1c(SCC(=O)Nc2ccc(Br)cc2C)nnc1[C@H](NC(=O)c1ccc(Cl)c(Cl)c1)C(C)C. The van der Waals surface area contributed by atoms with Gasteiger partial charge in [-0.05, 0) is 61.7 Å². The first-order valence-corrected chi connectivity index (χ1v) is 13.5. The molecule has 3 aromatic rings. The van der Waals surface area contributed by atoms with Crippen LogP contribution < -0.4 is 10.6 Å². The van der Waals surface area contributed by atoms with Crippen molar-refractivity contribution >= 4 is 68.4 Å². The number of anilines is 1. The van der Waals surface area contributed by atoms with E-state index in [0.717, 1.165) is 15.7 Å². The first-order valence-electron chi connectivity index (χ1n) is 11.0. The molecule has 186 valence electrons. The summed E-state index contributed by atoms with van der Waals surface area (Å²) in [6.07, 6.45) is 0. The maximum absolute atomic E-state index is 12.9.